The molecule has 0 bridgehead atoms. The van der Waals surface area contributed by atoms with E-state index in [0.29, 0.717) is 19.3 Å². The molecule has 0 aromatic rings. The van der Waals surface area contributed by atoms with E-state index in [0.717, 1.165) is 25.7 Å². The van der Waals surface area contributed by atoms with Crippen molar-refractivity contribution >= 4 is 11.9 Å². The predicted molar refractivity (Wildman–Crippen MR) is 112 cm³/mol. The summed E-state index contributed by atoms with van der Waals surface area (Å²) in [5.41, 5.74) is -1.13. The van der Waals surface area contributed by atoms with Crippen LogP contribution in [-0.2, 0) is 9.59 Å². The smallest absolute Gasteiger partial charge is 0.310 e. The fraction of sp³-hybridized carbons (Fsp3) is 0.826. The lowest BCUT2D eigenvalue weighted by molar-refractivity contribution is -0.164. The number of rotatable bonds is 19. The van der Waals surface area contributed by atoms with Crippen LogP contribution in [0.4, 0.5) is 0 Å². The summed E-state index contributed by atoms with van der Waals surface area (Å²) in [6.07, 6.45) is 17.5. The maximum absolute atomic E-state index is 11.7. The molecule has 0 saturated heterocycles. The van der Waals surface area contributed by atoms with Gasteiger partial charge in [0.1, 0.15) is 0 Å². The Hall–Kier alpha value is -1.32. The average Bonchev–Trinajstić information content (AvgIpc) is 2.64. The maximum atomic E-state index is 11.7. The molecule has 0 spiro atoms. The van der Waals surface area contributed by atoms with E-state index < -0.39 is 23.3 Å². The largest absolute Gasteiger partial charge is 0.481 e. The Morgan fingerprint density at radius 1 is 0.815 bits per heavy atom. The highest BCUT2D eigenvalue weighted by molar-refractivity contribution is 5.83. The monoisotopic (exact) mass is 382 g/mol. The predicted octanol–water partition coefficient (Wildman–Crippen LogP) is 6.84. The van der Waals surface area contributed by atoms with E-state index in [1.54, 1.807) is 13.8 Å². The molecule has 158 valence electrons. The fourth-order valence-corrected chi connectivity index (χ4v) is 4.06. The van der Waals surface area contributed by atoms with Gasteiger partial charge >= 0.3 is 11.9 Å². The fourth-order valence-electron chi connectivity index (χ4n) is 4.06. The molecule has 0 aliphatic rings. The van der Waals surface area contributed by atoms with Crippen molar-refractivity contribution in [2.45, 2.75) is 110 Å². The third kappa shape index (κ3) is 9.97. The molecule has 0 radical (unpaired) electrons. The minimum Gasteiger partial charge on any atom is -0.481 e. The van der Waals surface area contributed by atoms with Crippen LogP contribution in [0.25, 0.3) is 0 Å². The van der Waals surface area contributed by atoms with Gasteiger partial charge in [-0.1, -0.05) is 84.1 Å². The van der Waals surface area contributed by atoms with E-state index in [1.165, 1.54) is 51.4 Å². The Morgan fingerprint density at radius 2 is 1.22 bits per heavy atom. The molecule has 0 fully saturated rings. The lowest BCUT2D eigenvalue weighted by Crippen LogP contribution is -2.41. The molecular weight excluding hydrogens is 340 g/mol. The van der Waals surface area contributed by atoms with Gasteiger partial charge in [-0.2, -0.15) is 0 Å². The van der Waals surface area contributed by atoms with E-state index in [1.807, 2.05) is 6.08 Å². The molecule has 27 heavy (non-hydrogen) atoms. The zero-order valence-electron chi connectivity index (χ0n) is 17.7. The second-order valence-electron chi connectivity index (χ2n) is 7.81. The number of carboxylic acids is 2. The molecule has 0 heterocycles. The van der Waals surface area contributed by atoms with Crippen LogP contribution in [0.2, 0.25) is 0 Å². The summed E-state index contributed by atoms with van der Waals surface area (Å²) in [5.74, 6) is -2.72. The minimum atomic E-state index is -1.13. The van der Waals surface area contributed by atoms with Gasteiger partial charge in [-0.25, -0.2) is 0 Å². The molecule has 0 aromatic heterocycles. The molecule has 0 amide bonds. The van der Waals surface area contributed by atoms with Gasteiger partial charge < -0.3 is 10.2 Å². The summed E-state index contributed by atoms with van der Waals surface area (Å²) in [4.78, 5) is 23.3. The Labute approximate surface area is 166 Å². The first-order valence-corrected chi connectivity index (χ1v) is 11.0. The summed E-state index contributed by atoms with van der Waals surface area (Å²) in [6.45, 7) is 7.31. The van der Waals surface area contributed by atoms with Crippen LogP contribution in [0.15, 0.2) is 12.7 Å². The summed E-state index contributed by atoms with van der Waals surface area (Å²) in [7, 11) is 0. The number of unbranched alkanes of at least 4 members (excludes halogenated alkanes) is 11. The standard InChI is InChI=1S/C23H42O4/c1-4-7-8-9-10-11-12-13-14-15-16-17-18-19-20(21(24)25)23(5-2,6-3)22(26)27/h4,20H,1,5-19H2,2-3H3,(H,24,25)(H,26,27). The average molecular weight is 383 g/mol. The van der Waals surface area contributed by atoms with Crippen molar-refractivity contribution < 1.29 is 19.8 Å². The molecule has 0 rings (SSSR count). The molecular formula is C23H42O4. The zero-order chi connectivity index (χ0) is 20.5. The second kappa shape index (κ2) is 15.7. The molecule has 1 unspecified atom stereocenters. The summed E-state index contributed by atoms with van der Waals surface area (Å²) >= 11 is 0. The van der Waals surface area contributed by atoms with E-state index in [4.69, 9.17) is 0 Å². The Kier molecular flexibility index (Phi) is 14.9. The van der Waals surface area contributed by atoms with Crippen molar-refractivity contribution in [2.24, 2.45) is 11.3 Å². The highest BCUT2D eigenvalue weighted by Gasteiger charge is 2.46. The number of hydrogen-bond donors (Lipinski definition) is 2. The highest BCUT2D eigenvalue weighted by Crippen LogP contribution is 2.39. The van der Waals surface area contributed by atoms with E-state index >= 15 is 0 Å². The van der Waals surface area contributed by atoms with Crippen LogP contribution < -0.4 is 0 Å². The van der Waals surface area contributed by atoms with Crippen LogP contribution in [0, 0.1) is 11.3 Å². The number of carbonyl (C=O) groups is 2. The van der Waals surface area contributed by atoms with Crippen molar-refractivity contribution in [3.05, 3.63) is 12.7 Å². The SMILES string of the molecule is C=CCCCCCCCCCCCCCC(C(=O)O)C(CC)(CC)C(=O)O. The van der Waals surface area contributed by atoms with Crippen molar-refractivity contribution in [1.82, 2.24) is 0 Å². The van der Waals surface area contributed by atoms with Crippen LogP contribution in [-0.4, -0.2) is 22.2 Å². The lowest BCUT2D eigenvalue weighted by atomic mass is 9.69. The lowest BCUT2D eigenvalue weighted by Gasteiger charge is -2.33. The number of carboxylic acid groups (broad SMARTS) is 2. The summed E-state index contributed by atoms with van der Waals surface area (Å²) in [6, 6.07) is 0. The Balaban J connectivity index is 3.90. The molecule has 0 aliphatic heterocycles. The Morgan fingerprint density at radius 3 is 1.56 bits per heavy atom. The minimum absolute atomic E-state index is 0.364. The number of allylic oxidation sites excluding steroid dienone is 1. The zero-order valence-corrected chi connectivity index (χ0v) is 17.7. The molecule has 0 aromatic carbocycles. The third-order valence-corrected chi connectivity index (χ3v) is 6.05. The normalized spacial score (nSPS) is 12.7. The number of aliphatic carboxylic acids is 2. The quantitative estimate of drug-likeness (QED) is 0.189. The van der Waals surface area contributed by atoms with Crippen molar-refractivity contribution in [1.29, 1.82) is 0 Å². The molecule has 1 atom stereocenters. The Bertz CT molecular complexity index is 413. The first kappa shape index (κ1) is 25.7. The maximum Gasteiger partial charge on any atom is 0.310 e. The summed E-state index contributed by atoms with van der Waals surface area (Å²) < 4.78 is 0. The van der Waals surface area contributed by atoms with Gasteiger partial charge in [-0.3, -0.25) is 9.59 Å². The first-order valence-electron chi connectivity index (χ1n) is 11.0. The molecule has 2 N–H and O–H groups in total. The summed E-state index contributed by atoms with van der Waals surface area (Å²) in [5, 5.41) is 19.1. The molecule has 0 saturated carbocycles. The van der Waals surface area contributed by atoms with Crippen LogP contribution in [0.3, 0.4) is 0 Å². The van der Waals surface area contributed by atoms with Crippen molar-refractivity contribution in [2.75, 3.05) is 0 Å². The van der Waals surface area contributed by atoms with E-state index in [9.17, 15) is 19.8 Å². The van der Waals surface area contributed by atoms with Gasteiger partial charge in [0, 0.05) is 0 Å². The molecule has 4 heteroatoms. The molecule has 4 nitrogen and oxygen atoms in total. The highest BCUT2D eigenvalue weighted by atomic mass is 16.4. The topological polar surface area (TPSA) is 74.6 Å². The first-order chi connectivity index (χ1) is 13.0. The van der Waals surface area contributed by atoms with Gasteiger partial charge in [0.05, 0.1) is 11.3 Å². The van der Waals surface area contributed by atoms with Gasteiger partial charge in [0.2, 0.25) is 0 Å². The number of hydrogen-bond acceptors (Lipinski definition) is 2. The van der Waals surface area contributed by atoms with Crippen LogP contribution in [0.5, 0.6) is 0 Å². The molecule has 0 aliphatic carbocycles. The van der Waals surface area contributed by atoms with Gasteiger partial charge in [-0.05, 0) is 32.1 Å². The van der Waals surface area contributed by atoms with E-state index in [-0.39, 0.29) is 0 Å². The van der Waals surface area contributed by atoms with Crippen molar-refractivity contribution in [3.8, 4) is 0 Å². The van der Waals surface area contributed by atoms with Gasteiger partial charge in [-0.15, -0.1) is 6.58 Å². The van der Waals surface area contributed by atoms with Gasteiger partial charge in [0.15, 0.2) is 0 Å². The van der Waals surface area contributed by atoms with E-state index in [2.05, 4.69) is 6.58 Å². The van der Waals surface area contributed by atoms with Crippen LogP contribution >= 0.6 is 0 Å². The third-order valence-electron chi connectivity index (χ3n) is 6.05. The second-order valence-corrected chi connectivity index (χ2v) is 7.81. The van der Waals surface area contributed by atoms with Crippen LogP contribution in [0.1, 0.15) is 110 Å². The van der Waals surface area contributed by atoms with Crippen molar-refractivity contribution in [3.63, 3.8) is 0 Å². The van der Waals surface area contributed by atoms with Gasteiger partial charge in [0.25, 0.3) is 0 Å².